The topological polar surface area (TPSA) is 0 Å². The molecule has 0 aromatic rings. The van der Waals surface area contributed by atoms with Crippen molar-refractivity contribution in [1.82, 2.24) is 0 Å². The van der Waals surface area contributed by atoms with Crippen LogP contribution in [0.1, 0.15) is 13.3 Å². The summed E-state index contributed by atoms with van der Waals surface area (Å²) in [7, 11) is 0. The molecule has 0 N–H and O–H groups in total. The summed E-state index contributed by atoms with van der Waals surface area (Å²) in [5, 5.41) is 0. The highest BCUT2D eigenvalue weighted by molar-refractivity contribution is 14.1. The second-order valence-electron chi connectivity index (χ2n) is 2.40. The van der Waals surface area contributed by atoms with E-state index >= 15 is 0 Å². The van der Waals surface area contributed by atoms with Crippen molar-refractivity contribution >= 4 is 34.2 Å². The zero-order valence-electron chi connectivity index (χ0n) is 5.20. The van der Waals surface area contributed by atoms with Crippen LogP contribution in [-0.4, -0.2) is 4.87 Å². The van der Waals surface area contributed by atoms with Crippen molar-refractivity contribution in [3.05, 3.63) is 21.8 Å². The lowest BCUT2D eigenvalue weighted by molar-refractivity contribution is 0.782. The molecule has 0 saturated carbocycles. The Labute approximate surface area is 74.1 Å². The summed E-state index contributed by atoms with van der Waals surface area (Å²) < 4.78 is 1.28. The average Bonchev–Trinajstić information content (AvgIpc) is 1.78. The number of hydrogen-bond donors (Lipinski definition) is 0. The van der Waals surface area contributed by atoms with Gasteiger partial charge in [0.15, 0.2) is 0 Å². The fourth-order valence-electron chi connectivity index (χ4n) is 0.687. The first-order valence-corrected chi connectivity index (χ1v) is 4.30. The fourth-order valence-corrected chi connectivity index (χ4v) is 1.23. The molecular weight excluding hydrogens is 246 g/mol. The van der Waals surface area contributed by atoms with Gasteiger partial charge in [0.2, 0.25) is 0 Å². The molecule has 1 unspecified atom stereocenters. The molecule has 1 atom stereocenters. The second-order valence-corrected chi connectivity index (χ2v) is 4.51. The van der Waals surface area contributed by atoms with E-state index in [1.54, 1.807) is 0 Å². The third-order valence-electron chi connectivity index (χ3n) is 1.29. The van der Waals surface area contributed by atoms with E-state index in [1.165, 1.54) is 3.58 Å². The monoisotopic (exact) mass is 254 g/mol. The maximum Gasteiger partial charge on any atom is 0.0636 e. The van der Waals surface area contributed by atoms with Gasteiger partial charge >= 0.3 is 0 Å². The Balaban J connectivity index is 2.70. The van der Waals surface area contributed by atoms with Gasteiger partial charge in [0.25, 0.3) is 0 Å². The van der Waals surface area contributed by atoms with Crippen LogP contribution in [0.3, 0.4) is 0 Å². The highest BCUT2D eigenvalue weighted by Crippen LogP contribution is 2.28. The lowest BCUT2D eigenvalue weighted by atomic mass is 10.0. The minimum absolute atomic E-state index is 0.130. The largest absolute Gasteiger partial charge is 0.115 e. The lowest BCUT2D eigenvalue weighted by Crippen LogP contribution is -2.12. The fraction of sp³-hybridized carbons (Fsp3) is 0.429. The third-order valence-corrected chi connectivity index (χ3v) is 2.37. The maximum absolute atomic E-state index is 6.00. The summed E-state index contributed by atoms with van der Waals surface area (Å²) >= 11 is 8.29. The molecule has 0 heterocycles. The van der Waals surface area contributed by atoms with Gasteiger partial charge in [-0.05, 0) is 35.9 Å². The maximum atomic E-state index is 6.00. The summed E-state index contributed by atoms with van der Waals surface area (Å²) in [6, 6.07) is 0. The summed E-state index contributed by atoms with van der Waals surface area (Å²) in [6.07, 6.45) is 7.18. The SMILES string of the molecule is CC1(Cl)C=CC(I)=CC1. The zero-order valence-corrected chi connectivity index (χ0v) is 8.11. The van der Waals surface area contributed by atoms with Crippen LogP contribution in [0.2, 0.25) is 0 Å². The molecule has 1 rings (SSSR count). The van der Waals surface area contributed by atoms with Crippen LogP contribution in [0, 0.1) is 0 Å². The summed E-state index contributed by atoms with van der Waals surface area (Å²) in [6.45, 7) is 2.02. The van der Waals surface area contributed by atoms with Crippen molar-refractivity contribution in [3.8, 4) is 0 Å². The molecule has 0 aliphatic heterocycles. The molecule has 0 aromatic heterocycles. The van der Waals surface area contributed by atoms with Crippen LogP contribution in [0.5, 0.6) is 0 Å². The Morgan fingerprint density at radius 1 is 1.78 bits per heavy atom. The predicted molar refractivity (Wildman–Crippen MR) is 50.1 cm³/mol. The van der Waals surface area contributed by atoms with Crippen molar-refractivity contribution < 1.29 is 0 Å². The Morgan fingerprint density at radius 3 is 2.78 bits per heavy atom. The molecule has 1 aliphatic rings. The van der Waals surface area contributed by atoms with Crippen molar-refractivity contribution in [3.63, 3.8) is 0 Å². The van der Waals surface area contributed by atoms with E-state index in [1.807, 2.05) is 13.0 Å². The third kappa shape index (κ3) is 2.30. The standard InChI is InChI=1S/C7H8ClI/c1-7(8)4-2-6(9)3-5-7/h2-4H,5H2,1H3. The Morgan fingerprint density at radius 2 is 2.44 bits per heavy atom. The van der Waals surface area contributed by atoms with Crippen molar-refractivity contribution in [2.45, 2.75) is 18.2 Å². The van der Waals surface area contributed by atoms with Gasteiger partial charge in [-0.25, -0.2) is 0 Å². The highest BCUT2D eigenvalue weighted by Gasteiger charge is 2.17. The molecule has 9 heavy (non-hydrogen) atoms. The van der Waals surface area contributed by atoms with Crippen LogP contribution in [0.15, 0.2) is 21.8 Å². The van der Waals surface area contributed by atoms with E-state index < -0.39 is 0 Å². The Bertz CT molecular complexity index is 168. The molecule has 0 bridgehead atoms. The van der Waals surface area contributed by atoms with E-state index in [-0.39, 0.29) is 4.87 Å². The van der Waals surface area contributed by atoms with Gasteiger partial charge in [-0.3, -0.25) is 0 Å². The van der Waals surface area contributed by atoms with Crippen molar-refractivity contribution in [2.24, 2.45) is 0 Å². The van der Waals surface area contributed by atoms with Gasteiger partial charge in [-0.2, -0.15) is 0 Å². The molecule has 0 spiro atoms. The second kappa shape index (κ2) is 2.62. The van der Waals surface area contributed by atoms with Gasteiger partial charge in [0.1, 0.15) is 0 Å². The molecule has 0 saturated heterocycles. The highest BCUT2D eigenvalue weighted by atomic mass is 127. The first-order valence-electron chi connectivity index (χ1n) is 2.84. The lowest BCUT2D eigenvalue weighted by Gasteiger charge is -2.17. The smallest absolute Gasteiger partial charge is 0.0636 e. The zero-order chi connectivity index (χ0) is 6.91. The minimum atomic E-state index is -0.130. The van der Waals surface area contributed by atoms with Gasteiger partial charge in [0, 0.05) is 3.58 Å². The van der Waals surface area contributed by atoms with Crippen LogP contribution >= 0.6 is 34.2 Å². The summed E-state index contributed by atoms with van der Waals surface area (Å²) in [5.41, 5.74) is 0. The molecule has 1 aliphatic carbocycles. The number of alkyl halides is 1. The Kier molecular flexibility index (Phi) is 2.22. The van der Waals surface area contributed by atoms with Crippen molar-refractivity contribution in [2.75, 3.05) is 0 Å². The van der Waals surface area contributed by atoms with Crippen LogP contribution in [0.25, 0.3) is 0 Å². The average molecular weight is 254 g/mol. The van der Waals surface area contributed by atoms with E-state index in [9.17, 15) is 0 Å². The van der Waals surface area contributed by atoms with Gasteiger partial charge in [0.05, 0.1) is 4.87 Å². The minimum Gasteiger partial charge on any atom is -0.115 e. The van der Waals surface area contributed by atoms with E-state index in [2.05, 4.69) is 34.7 Å². The summed E-state index contributed by atoms with van der Waals surface area (Å²) in [4.78, 5) is -0.130. The molecule has 0 aromatic carbocycles. The predicted octanol–water partition coefficient (Wildman–Crippen LogP) is 3.26. The van der Waals surface area contributed by atoms with Gasteiger partial charge in [-0.15, -0.1) is 11.6 Å². The van der Waals surface area contributed by atoms with Crippen LogP contribution < -0.4 is 0 Å². The number of halogens is 2. The quantitative estimate of drug-likeness (QED) is 0.460. The van der Waals surface area contributed by atoms with E-state index in [0.29, 0.717) is 0 Å². The molecule has 50 valence electrons. The first-order chi connectivity index (χ1) is 4.10. The molecule has 0 nitrogen and oxygen atoms in total. The molecule has 0 amide bonds. The van der Waals surface area contributed by atoms with E-state index in [0.717, 1.165) is 6.42 Å². The normalized spacial score (nSPS) is 34.3. The van der Waals surface area contributed by atoms with Gasteiger partial charge in [-0.1, -0.05) is 18.2 Å². The Hall–Kier alpha value is 0.500. The number of rotatable bonds is 0. The molecule has 0 fully saturated rings. The first kappa shape index (κ1) is 7.61. The van der Waals surface area contributed by atoms with Crippen LogP contribution in [-0.2, 0) is 0 Å². The molecule has 2 heteroatoms. The molecular formula is C7H8ClI. The number of hydrogen-bond acceptors (Lipinski definition) is 0. The van der Waals surface area contributed by atoms with Crippen LogP contribution in [0.4, 0.5) is 0 Å². The summed E-state index contributed by atoms with van der Waals surface area (Å²) in [5.74, 6) is 0. The van der Waals surface area contributed by atoms with E-state index in [4.69, 9.17) is 11.6 Å². The van der Waals surface area contributed by atoms with Gasteiger partial charge < -0.3 is 0 Å². The number of allylic oxidation sites excluding steroid dienone is 4. The molecule has 0 radical (unpaired) electrons. The van der Waals surface area contributed by atoms with Crippen molar-refractivity contribution in [1.29, 1.82) is 0 Å².